The lowest BCUT2D eigenvalue weighted by molar-refractivity contribution is -0.277. The maximum absolute atomic E-state index is 14.0. The number of methoxy groups -OCH3 is 4. The number of esters is 3. The van der Waals surface area contributed by atoms with Crippen molar-refractivity contribution in [2.24, 2.45) is 0 Å². The van der Waals surface area contributed by atoms with E-state index in [0.717, 1.165) is 38.5 Å². The van der Waals surface area contributed by atoms with Gasteiger partial charge in [-0.25, -0.2) is 14.4 Å². The lowest BCUT2D eigenvalue weighted by Crippen LogP contribution is -2.52. The Balaban J connectivity index is 0.000000287. The first-order valence-electron chi connectivity index (χ1n) is 19.0. The molecule has 0 saturated carbocycles. The van der Waals surface area contributed by atoms with E-state index in [1.807, 2.05) is 0 Å². The number of ether oxygens (including phenoxy) is 9. The summed E-state index contributed by atoms with van der Waals surface area (Å²) in [6.07, 6.45) is -11.3. The highest BCUT2D eigenvalue weighted by Crippen LogP contribution is 2.45. The summed E-state index contributed by atoms with van der Waals surface area (Å²) in [5.74, 6) is -0.979. The quantitative estimate of drug-likeness (QED) is 0.0664. The molecule has 360 valence electrons. The van der Waals surface area contributed by atoms with Crippen molar-refractivity contribution in [3.8, 4) is 23.0 Å². The number of aliphatic hydroxyl groups is 1. The molecule has 0 aliphatic carbocycles. The lowest BCUT2D eigenvalue weighted by atomic mass is 9.93. The molecule has 2 heterocycles. The van der Waals surface area contributed by atoms with Crippen LogP contribution in [0.2, 0.25) is 0 Å². The molecule has 4 aromatic carbocycles. The minimum absolute atomic E-state index is 0. The van der Waals surface area contributed by atoms with Crippen LogP contribution >= 0.6 is 11.6 Å². The molecule has 2 aliphatic heterocycles. The van der Waals surface area contributed by atoms with E-state index in [0.29, 0.717) is 40.5 Å². The minimum atomic E-state index is -5.08. The van der Waals surface area contributed by atoms with Crippen LogP contribution in [-0.2, 0) is 44.5 Å². The van der Waals surface area contributed by atoms with Crippen molar-refractivity contribution in [2.75, 3.05) is 54.9 Å². The maximum Gasteiger partial charge on any atom is 0.432 e. The molecule has 4 atom stereocenters. The maximum atomic E-state index is 14.0. The number of carbonyl (C=O) groups excluding carboxylic acids is 4. The zero-order valence-electron chi connectivity index (χ0n) is 35.5. The second-order valence-electron chi connectivity index (χ2n) is 13.8. The standard InChI is InChI=1S/C22H21F3O7.C12H14O5.C10H8ClF3O2.CH4/c1-13-16(19(26)28-2)9-10-17-18(13)32-15(11-30-17)12-31-20(27)21(29-3,22(23,24)25)14-7-5-4-6-8-14;1-7-9(12(14)15-2)3-4-10-11(7)17-8(5-13)6-16-10;1-16-9(8(11)15,10(12,13)14)7-5-3-2-4-6-7;/h4-10,15H,11-12H2,1-3H3;3-4,8,13H,5-6H2,1-2H3;2-6H,1H3;1H4/t15-,21-;8-;9-;/m101./s1. The van der Waals surface area contributed by atoms with Gasteiger partial charge >= 0.3 is 30.3 Å². The summed E-state index contributed by atoms with van der Waals surface area (Å²) in [6, 6.07) is 19.4. The van der Waals surface area contributed by atoms with Crippen molar-refractivity contribution in [1.82, 2.24) is 0 Å². The van der Waals surface area contributed by atoms with Gasteiger partial charge in [0.25, 0.3) is 16.4 Å². The van der Waals surface area contributed by atoms with E-state index in [1.54, 1.807) is 26.0 Å². The van der Waals surface area contributed by atoms with Gasteiger partial charge in [-0.3, -0.25) is 4.79 Å². The van der Waals surface area contributed by atoms with E-state index in [9.17, 15) is 45.5 Å². The molecule has 6 rings (SSSR count). The molecule has 2 aliphatic rings. The number of rotatable bonds is 11. The zero-order valence-corrected chi connectivity index (χ0v) is 36.2. The fraction of sp³-hybridized carbons (Fsp3) is 0.378. The van der Waals surface area contributed by atoms with Crippen LogP contribution in [0.4, 0.5) is 26.3 Å². The van der Waals surface area contributed by atoms with Gasteiger partial charge in [0.15, 0.2) is 35.2 Å². The number of benzene rings is 4. The first-order valence-corrected chi connectivity index (χ1v) is 19.4. The van der Waals surface area contributed by atoms with Crippen LogP contribution in [0, 0.1) is 13.8 Å². The summed E-state index contributed by atoms with van der Waals surface area (Å²) in [5.41, 5.74) is -5.38. The van der Waals surface area contributed by atoms with E-state index >= 15 is 0 Å². The molecule has 0 unspecified atom stereocenters. The van der Waals surface area contributed by atoms with Gasteiger partial charge in [-0.1, -0.05) is 68.1 Å². The van der Waals surface area contributed by atoms with Crippen molar-refractivity contribution < 1.29 is 93.3 Å². The smallest absolute Gasteiger partial charge is 0.432 e. The molecule has 0 radical (unpaired) electrons. The van der Waals surface area contributed by atoms with Crippen LogP contribution in [0.5, 0.6) is 23.0 Å². The van der Waals surface area contributed by atoms with E-state index in [2.05, 4.69) is 9.47 Å². The highest BCUT2D eigenvalue weighted by Gasteiger charge is 2.64. The fourth-order valence-electron chi connectivity index (χ4n) is 6.49. The number of carbonyl (C=O) groups is 4. The Kier molecular flexibility index (Phi) is 18.8. The second-order valence-corrected chi connectivity index (χ2v) is 14.1. The molecule has 0 aromatic heterocycles. The Morgan fingerprint density at radius 1 is 0.636 bits per heavy atom. The van der Waals surface area contributed by atoms with Crippen LogP contribution < -0.4 is 18.9 Å². The number of halogens is 7. The summed E-state index contributed by atoms with van der Waals surface area (Å²) >= 11 is 5.04. The predicted molar refractivity (Wildman–Crippen MR) is 223 cm³/mol. The topological polar surface area (TPSA) is 172 Å². The van der Waals surface area contributed by atoms with Crippen molar-refractivity contribution >= 4 is 34.8 Å². The van der Waals surface area contributed by atoms with Crippen LogP contribution in [0.1, 0.15) is 50.4 Å². The predicted octanol–water partition coefficient (Wildman–Crippen LogP) is 7.97. The molecular weight excluding hydrogens is 914 g/mol. The zero-order chi connectivity index (χ0) is 48.3. The Hall–Kier alpha value is -6.09. The average Bonchev–Trinajstić information content (AvgIpc) is 3.29. The fourth-order valence-corrected chi connectivity index (χ4v) is 6.78. The third-order valence-corrected chi connectivity index (χ3v) is 10.2. The normalized spacial score (nSPS) is 16.7. The molecule has 0 fully saturated rings. The van der Waals surface area contributed by atoms with Crippen LogP contribution in [0.25, 0.3) is 0 Å². The third kappa shape index (κ3) is 11.3. The molecule has 21 heteroatoms. The number of alkyl halides is 6. The van der Waals surface area contributed by atoms with Gasteiger partial charge in [0, 0.05) is 36.5 Å². The van der Waals surface area contributed by atoms with Gasteiger partial charge in [0.2, 0.25) is 0 Å². The van der Waals surface area contributed by atoms with E-state index in [-0.39, 0.29) is 37.5 Å². The summed E-state index contributed by atoms with van der Waals surface area (Å²) < 4.78 is 126. The van der Waals surface area contributed by atoms with E-state index < -0.39 is 71.1 Å². The van der Waals surface area contributed by atoms with Gasteiger partial charge in [0.05, 0.1) is 32.0 Å². The molecule has 0 spiro atoms. The lowest BCUT2D eigenvalue weighted by Gasteiger charge is -2.33. The van der Waals surface area contributed by atoms with Gasteiger partial charge in [-0.2, -0.15) is 26.3 Å². The van der Waals surface area contributed by atoms with Crippen molar-refractivity contribution in [3.63, 3.8) is 0 Å². The van der Waals surface area contributed by atoms with Gasteiger partial charge in [-0.05, 0) is 49.7 Å². The molecule has 0 amide bonds. The highest BCUT2D eigenvalue weighted by molar-refractivity contribution is 6.65. The molecule has 14 nitrogen and oxygen atoms in total. The van der Waals surface area contributed by atoms with Crippen molar-refractivity contribution in [3.05, 3.63) is 118 Å². The SMILES string of the molecule is C.COC(=O)c1ccc2c(c1C)O[C@@H](CO)CO2.COC(=O)c1ccc2c(c1C)O[C@@H](COC(=O)[C@](OC)(c1ccccc1)C(F)(F)F)CO2.CO[C@@](C(=O)Cl)(c1ccccc1)C(F)(F)F. The first-order chi connectivity index (χ1) is 30.7. The first kappa shape index (κ1) is 54.2. The van der Waals surface area contributed by atoms with E-state index in [1.165, 1.54) is 62.8 Å². The van der Waals surface area contributed by atoms with Gasteiger partial charge in [-0.15, -0.1) is 0 Å². The number of fused-ring (bicyclic) bond motifs is 2. The second kappa shape index (κ2) is 22.9. The summed E-state index contributed by atoms with van der Waals surface area (Å²) in [7, 11) is 4.14. The summed E-state index contributed by atoms with van der Waals surface area (Å²) in [4.78, 5) is 47.1. The average molecular weight is 961 g/mol. The summed E-state index contributed by atoms with van der Waals surface area (Å²) in [6.45, 7) is 2.94. The van der Waals surface area contributed by atoms with Gasteiger partial charge in [0.1, 0.15) is 19.8 Å². The van der Waals surface area contributed by atoms with Crippen molar-refractivity contribution in [2.45, 2.75) is 57.0 Å². The minimum Gasteiger partial charge on any atom is -0.486 e. The molecular formula is C45H47ClF6O14. The molecule has 4 aromatic rings. The monoisotopic (exact) mass is 960 g/mol. The number of hydrogen-bond donors (Lipinski definition) is 1. The van der Waals surface area contributed by atoms with Crippen LogP contribution in [0.3, 0.4) is 0 Å². The Bertz CT molecular complexity index is 2290. The molecule has 0 bridgehead atoms. The largest absolute Gasteiger partial charge is 0.486 e. The highest BCUT2D eigenvalue weighted by atomic mass is 35.5. The van der Waals surface area contributed by atoms with Gasteiger partial charge < -0.3 is 47.7 Å². The Morgan fingerprint density at radius 3 is 1.39 bits per heavy atom. The number of hydrogen-bond acceptors (Lipinski definition) is 14. The van der Waals surface area contributed by atoms with Crippen LogP contribution in [0.15, 0.2) is 84.9 Å². The van der Waals surface area contributed by atoms with Crippen LogP contribution in [-0.4, -0.2) is 108 Å². The molecule has 1 N–H and O–H groups in total. The molecule has 0 saturated heterocycles. The molecule has 66 heavy (non-hydrogen) atoms. The third-order valence-electron chi connectivity index (χ3n) is 9.91. The van der Waals surface area contributed by atoms with Crippen molar-refractivity contribution in [1.29, 1.82) is 0 Å². The Morgan fingerprint density at radius 2 is 1.03 bits per heavy atom. The number of aliphatic hydroxyl groups excluding tert-OH is 1. The summed E-state index contributed by atoms with van der Waals surface area (Å²) in [5, 5.41) is 7.42. The Labute approximate surface area is 380 Å². The van der Waals surface area contributed by atoms with E-state index in [4.69, 9.17) is 49.9 Å².